The molecule has 2 saturated heterocycles. The zero-order valence-electron chi connectivity index (χ0n) is 15.7. The van der Waals surface area contributed by atoms with Gasteiger partial charge in [0.25, 0.3) is 0 Å². The number of ether oxygens (including phenoxy) is 2. The zero-order valence-corrected chi connectivity index (χ0v) is 15.7. The molecule has 2 heterocycles. The van der Waals surface area contributed by atoms with Crippen molar-refractivity contribution in [3.63, 3.8) is 0 Å². The molecule has 2 rings (SSSR count). The maximum absolute atomic E-state index is 6.03. The molecule has 0 amide bonds. The lowest BCUT2D eigenvalue weighted by Crippen LogP contribution is -2.53. The summed E-state index contributed by atoms with van der Waals surface area (Å²) in [5, 5.41) is 0. The first kappa shape index (κ1) is 18.2. The molecule has 0 saturated carbocycles. The van der Waals surface area contributed by atoms with E-state index in [1.54, 1.807) is 0 Å². The summed E-state index contributed by atoms with van der Waals surface area (Å²) in [4.78, 5) is 5.09. The summed E-state index contributed by atoms with van der Waals surface area (Å²) in [6, 6.07) is 0. The number of hydrogen-bond acceptors (Lipinski definition) is 4. The second-order valence-corrected chi connectivity index (χ2v) is 9.07. The van der Waals surface area contributed by atoms with Crippen LogP contribution in [-0.2, 0) is 9.47 Å². The first-order valence-corrected chi connectivity index (χ1v) is 8.73. The van der Waals surface area contributed by atoms with Crippen molar-refractivity contribution in [2.45, 2.75) is 59.3 Å². The number of nitrogens with zero attached hydrogens (tertiary/aromatic N) is 2. The van der Waals surface area contributed by atoms with E-state index in [0.717, 1.165) is 39.3 Å². The minimum Gasteiger partial charge on any atom is -0.380 e. The van der Waals surface area contributed by atoms with Gasteiger partial charge in [0.1, 0.15) is 0 Å². The van der Waals surface area contributed by atoms with Crippen molar-refractivity contribution in [1.82, 2.24) is 9.80 Å². The molecule has 3 unspecified atom stereocenters. The minimum atomic E-state index is 0.232. The molecule has 130 valence electrons. The molecule has 4 heteroatoms. The molecule has 0 radical (unpaired) electrons. The van der Waals surface area contributed by atoms with Crippen molar-refractivity contribution in [3.05, 3.63) is 0 Å². The third-order valence-corrected chi connectivity index (χ3v) is 5.31. The number of hydrogen-bond donors (Lipinski definition) is 0. The van der Waals surface area contributed by atoms with Gasteiger partial charge in [0.15, 0.2) is 0 Å². The standard InChI is InChI=1S/C18H36N2O2/c1-17(2,3)15-12-19(13-16(15)21-7)10-14-11-20(8-9-22-14)18(4,5)6/h14-16H,8-13H2,1-7H3. The van der Waals surface area contributed by atoms with Gasteiger partial charge in [-0.1, -0.05) is 20.8 Å². The lowest BCUT2D eigenvalue weighted by atomic mass is 9.79. The number of rotatable bonds is 3. The first-order valence-electron chi connectivity index (χ1n) is 8.73. The summed E-state index contributed by atoms with van der Waals surface area (Å²) < 4.78 is 11.8. The van der Waals surface area contributed by atoms with E-state index >= 15 is 0 Å². The molecule has 0 spiro atoms. The fraction of sp³-hybridized carbons (Fsp3) is 1.00. The van der Waals surface area contributed by atoms with Gasteiger partial charge in [-0.15, -0.1) is 0 Å². The maximum Gasteiger partial charge on any atom is 0.0829 e. The zero-order chi connectivity index (χ0) is 16.5. The SMILES string of the molecule is COC1CN(CC2CN(C(C)(C)C)CCO2)CC1C(C)(C)C. The highest BCUT2D eigenvalue weighted by Crippen LogP contribution is 2.35. The van der Waals surface area contributed by atoms with Gasteiger partial charge in [-0.25, -0.2) is 0 Å². The van der Waals surface area contributed by atoms with Crippen molar-refractivity contribution in [2.24, 2.45) is 11.3 Å². The van der Waals surface area contributed by atoms with Crippen LogP contribution in [0.25, 0.3) is 0 Å². The Morgan fingerprint density at radius 3 is 2.23 bits per heavy atom. The lowest BCUT2D eigenvalue weighted by Gasteiger charge is -2.42. The normalized spacial score (nSPS) is 32.6. The molecule has 2 aliphatic heterocycles. The van der Waals surface area contributed by atoms with Crippen LogP contribution >= 0.6 is 0 Å². The van der Waals surface area contributed by atoms with Gasteiger partial charge in [-0.2, -0.15) is 0 Å². The number of methoxy groups -OCH3 is 1. The van der Waals surface area contributed by atoms with E-state index < -0.39 is 0 Å². The van der Waals surface area contributed by atoms with Crippen molar-refractivity contribution < 1.29 is 9.47 Å². The summed E-state index contributed by atoms with van der Waals surface area (Å²) in [6.07, 6.45) is 0.673. The van der Waals surface area contributed by atoms with Crippen LogP contribution in [0.1, 0.15) is 41.5 Å². The van der Waals surface area contributed by atoms with Crippen LogP contribution in [0.2, 0.25) is 0 Å². The molecule has 0 aromatic heterocycles. The first-order chi connectivity index (χ1) is 10.1. The van der Waals surface area contributed by atoms with Crippen molar-refractivity contribution in [3.8, 4) is 0 Å². The van der Waals surface area contributed by atoms with Gasteiger partial charge in [0.2, 0.25) is 0 Å². The predicted octanol–water partition coefficient (Wildman–Crippen LogP) is 2.48. The van der Waals surface area contributed by atoms with E-state index in [1.165, 1.54) is 0 Å². The second kappa shape index (κ2) is 6.76. The molecule has 2 fully saturated rings. The smallest absolute Gasteiger partial charge is 0.0829 e. The van der Waals surface area contributed by atoms with Crippen molar-refractivity contribution >= 4 is 0 Å². The van der Waals surface area contributed by atoms with Crippen LogP contribution < -0.4 is 0 Å². The minimum absolute atomic E-state index is 0.232. The Hall–Kier alpha value is -0.160. The average Bonchev–Trinajstić information content (AvgIpc) is 2.81. The van der Waals surface area contributed by atoms with E-state index in [9.17, 15) is 0 Å². The van der Waals surface area contributed by atoms with Gasteiger partial charge < -0.3 is 9.47 Å². The maximum atomic E-state index is 6.03. The van der Waals surface area contributed by atoms with Crippen molar-refractivity contribution in [2.75, 3.05) is 46.4 Å². The number of likely N-dealkylation sites (tertiary alicyclic amines) is 1. The molecule has 0 aromatic carbocycles. The molecule has 2 aliphatic rings. The van der Waals surface area contributed by atoms with Gasteiger partial charge in [-0.3, -0.25) is 9.80 Å². The Kier molecular flexibility index (Phi) is 5.59. The average molecular weight is 312 g/mol. The molecule has 22 heavy (non-hydrogen) atoms. The molecule has 4 nitrogen and oxygen atoms in total. The van der Waals surface area contributed by atoms with Crippen LogP contribution in [0.4, 0.5) is 0 Å². The fourth-order valence-corrected chi connectivity index (χ4v) is 3.80. The molecule has 3 atom stereocenters. The van der Waals surface area contributed by atoms with Gasteiger partial charge in [0.05, 0.1) is 18.8 Å². The Labute approximate surface area is 137 Å². The predicted molar refractivity (Wildman–Crippen MR) is 91.2 cm³/mol. The topological polar surface area (TPSA) is 24.9 Å². The van der Waals surface area contributed by atoms with Crippen LogP contribution in [0.5, 0.6) is 0 Å². The Bertz CT molecular complexity index is 359. The Morgan fingerprint density at radius 2 is 1.73 bits per heavy atom. The third kappa shape index (κ3) is 4.44. The Morgan fingerprint density at radius 1 is 1.05 bits per heavy atom. The monoisotopic (exact) mass is 312 g/mol. The van der Waals surface area contributed by atoms with Crippen LogP contribution in [0.3, 0.4) is 0 Å². The molecule has 0 N–H and O–H groups in total. The van der Waals surface area contributed by atoms with E-state index in [2.05, 4.69) is 51.3 Å². The van der Waals surface area contributed by atoms with E-state index in [1.807, 2.05) is 7.11 Å². The molecular formula is C18H36N2O2. The molecule has 0 bridgehead atoms. The molecule has 0 aromatic rings. The third-order valence-electron chi connectivity index (χ3n) is 5.31. The van der Waals surface area contributed by atoms with E-state index in [0.29, 0.717) is 23.5 Å². The summed E-state index contributed by atoms with van der Waals surface area (Å²) in [5.74, 6) is 0.597. The Balaban J connectivity index is 1.91. The van der Waals surface area contributed by atoms with E-state index in [4.69, 9.17) is 9.47 Å². The number of morpholine rings is 1. The molecule has 0 aliphatic carbocycles. The van der Waals surface area contributed by atoms with Crippen molar-refractivity contribution in [1.29, 1.82) is 0 Å². The van der Waals surface area contributed by atoms with Crippen LogP contribution in [-0.4, -0.2) is 74.0 Å². The van der Waals surface area contributed by atoms with Gasteiger partial charge in [0, 0.05) is 51.3 Å². The largest absolute Gasteiger partial charge is 0.380 e. The quantitative estimate of drug-likeness (QED) is 0.799. The highest BCUT2D eigenvalue weighted by molar-refractivity contribution is 4.93. The summed E-state index contributed by atoms with van der Waals surface area (Å²) >= 11 is 0. The molecular weight excluding hydrogens is 276 g/mol. The van der Waals surface area contributed by atoms with Gasteiger partial charge >= 0.3 is 0 Å². The van der Waals surface area contributed by atoms with E-state index in [-0.39, 0.29) is 5.54 Å². The summed E-state index contributed by atoms with van der Waals surface area (Å²) in [6.45, 7) is 20.0. The fourth-order valence-electron chi connectivity index (χ4n) is 3.80. The lowest BCUT2D eigenvalue weighted by molar-refractivity contribution is -0.0681. The second-order valence-electron chi connectivity index (χ2n) is 9.07. The summed E-state index contributed by atoms with van der Waals surface area (Å²) in [5.41, 5.74) is 0.524. The highest BCUT2D eigenvalue weighted by Gasteiger charge is 2.41. The van der Waals surface area contributed by atoms with Crippen LogP contribution in [0.15, 0.2) is 0 Å². The highest BCUT2D eigenvalue weighted by atomic mass is 16.5. The summed E-state index contributed by atoms with van der Waals surface area (Å²) in [7, 11) is 1.85. The van der Waals surface area contributed by atoms with Gasteiger partial charge in [-0.05, 0) is 26.2 Å². The van der Waals surface area contributed by atoms with Crippen LogP contribution in [0, 0.1) is 11.3 Å².